The van der Waals surface area contributed by atoms with Gasteiger partial charge < -0.3 is 13.8 Å². The van der Waals surface area contributed by atoms with Crippen LogP contribution in [0.3, 0.4) is 0 Å². The zero-order valence-corrected chi connectivity index (χ0v) is 27.4. The summed E-state index contributed by atoms with van der Waals surface area (Å²) < 4.78 is 54.1. The Morgan fingerprint density at radius 1 is 1.05 bits per heavy atom. The summed E-state index contributed by atoms with van der Waals surface area (Å²) in [6.45, 7) is 19.8. The van der Waals surface area contributed by atoms with Crippen LogP contribution < -0.4 is 10.1 Å². The minimum absolute atomic E-state index is 0.00361. The molecular weight excluding hydrogens is 567 g/mol. The van der Waals surface area contributed by atoms with Crippen LogP contribution in [-0.2, 0) is 31.2 Å². The van der Waals surface area contributed by atoms with Crippen LogP contribution in [0.5, 0.6) is 5.75 Å². The molecule has 2 aliphatic rings. The SMILES string of the molecule is CC.CC.[B]C([B])(OP1OCc2c(F)c(C(C)(C)C)cc(C(C)(C)C)c2O1)C1CCC(n2cc(F)c(=O)[nH]c2=S)O1. The van der Waals surface area contributed by atoms with E-state index >= 15 is 4.39 Å². The fourth-order valence-corrected chi connectivity index (χ4v) is 5.69. The van der Waals surface area contributed by atoms with Crippen LogP contribution in [-0.4, -0.2) is 36.7 Å². The van der Waals surface area contributed by atoms with E-state index < -0.39 is 43.1 Å². The van der Waals surface area contributed by atoms with Crippen molar-refractivity contribution in [2.45, 2.75) is 117 Å². The predicted molar refractivity (Wildman–Crippen MR) is 163 cm³/mol. The molecule has 3 atom stereocenters. The highest BCUT2D eigenvalue weighted by Crippen LogP contribution is 2.54. The molecule has 0 spiro atoms. The van der Waals surface area contributed by atoms with Gasteiger partial charge in [-0.25, -0.2) is 4.39 Å². The Labute approximate surface area is 251 Å². The number of rotatable bonds is 4. The molecule has 4 rings (SSSR count). The predicted octanol–water partition coefficient (Wildman–Crippen LogP) is 7.35. The van der Waals surface area contributed by atoms with Crippen molar-refractivity contribution in [1.82, 2.24) is 9.55 Å². The summed E-state index contributed by atoms with van der Waals surface area (Å²) in [6.07, 6.45) is 0.190. The van der Waals surface area contributed by atoms with Crippen molar-refractivity contribution in [1.29, 1.82) is 0 Å². The van der Waals surface area contributed by atoms with Gasteiger partial charge >= 0.3 is 8.60 Å². The molecule has 3 unspecified atom stereocenters. The van der Waals surface area contributed by atoms with Crippen molar-refractivity contribution in [3.8, 4) is 5.75 Å². The van der Waals surface area contributed by atoms with Crippen LogP contribution >= 0.6 is 20.8 Å². The van der Waals surface area contributed by atoms with Gasteiger partial charge in [-0.2, -0.15) is 4.39 Å². The second-order valence-electron chi connectivity index (χ2n) is 11.4. The second kappa shape index (κ2) is 13.8. The van der Waals surface area contributed by atoms with Crippen LogP contribution in [0.1, 0.15) is 105 Å². The van der Waals surface area contributed by atoms with E-state index in [1.807, 2.05) is 75.3 Å². The first-order chi connectivity index (χ1) is 19.0. The number of halogens is 2. The molecule has 1 aromatic heterocycles. The van der Waals surface area contributed by atoms with Crippen molar-refractivity contribution < 1.29 is 27.1 Å². The van der Waals surface area contributed by atoms with Crippen LogP contribution in [0, 0.1) is 16.4 Å². The van der Waals surface area contributed by atoms with Gasteiger partial charge in [-0.1, -0.05) is 69.2 Å². The first-order valence-electron chi connectivity index (χ1n) is 13.9. The number of nitrogens with one attached hydrogen (secondary N) is 1. The van der Waals surface area contributed by atoms with Gasteiger partial charge in [-0.15, -0.1) is 0 Å². The maximum Gasteiger partial charge on any atom is 0.396 e. The number of ether oxygens (including phenoxy) is 1. The van der Waals surface area contributed by atoms with Gasteiger partial charge in [-0.05, 0) is 47.5 Å². The number of benzene rings is 1. The zero-order valence-electron chi connectivity index (χ0n) is 25.7. The van der Waals surface area contributed by atoms with Crippen molar-refractivity contribution >= 4 is 36.5 Å². The third-order valence-electron chi connectivity index (χ3n) is 6.37. The Kier molecular flexibility index (Phi) is 12.0. The molecule has 7 nitrogen and oxygen atoms in total. The molecule has 1 N–H and O–H groups in total. The number of hydrogen-bond acceptors (Lipinski definition) is 6. The molecule has 1 saturated heterocycles. The van der Waals surface area contributed by atoms with Crippen molar-refractivity contribution in [2.24, 2.45) is 0 Å². The summed E-state index contributed by atoms with van der Waals surface area (Å²) in [4.78, 5) is 13.7. The highest BCUT2D eigenvalue weighted by atomic mass is 32.1. The minimum atomic E-state index is -2.09. The summed E-state index contributed by atoms with van der Waals surface area (Å²) in [5.41, 5.74) is 0.0261. The number of H-pyrrole nitrogens is 1. The lowest BCUT2D eigenvalue weighted by atomic mass is 9.61. The normalized spacial score (nSPS) is 20.6. The smallest absolute Gasteiger partial charge is 0.396 e. The van der Waals surface area contributed by atoms with Crippen LogP contribution in [0.4, 0.5) is 8.78 Å². The Bertz CT molecular complexity index is 1320. The van der Waals surface area contributed by atoms with Crippen LogP contribution in [0.25, 0.3) is 0 Å². The second-order valence-corrected chi connectivity index (χ2v) is 12.9. The number of hydrogen-bond donors (Lipinski definition) is 1. The molecule has 1 aromatic carbocycles. The quantitative estimate of drug-likeness (QED) is 0.222. The maximum absolute atomic E-state index is 15.5. The minimum Gasteiger partial charge on any atom is -0.426 e. The molecule has 0 aliphatic carbocycles. The third kappa shape index (κ3) is 8.08. The molecule has 2 aliphatic heterocycles. The fourth-order valence-electron chi connectivity index (χ4n) is 4.32. The number of nitrogens with zero attached hydrogens (tertiary/aromatic N) is 1. The number of aromatic amines is 1. The van der Waals surface area contributed by atoms with Gasteiger partial charge in [0.2, 0.25) is 5.82 Å². The lowest BCUT2D eigenvalue weighted by Crippen LogP contribution is -2.45. The highest BCUT2D eigenvalue weighted by molar-refractivity contribution is 7.71. The maximum atomic E-state index is 15.5. The molecular formula is C28H41B2F2N2O5PS. The molecule has 0 saturated carbocycles. The van der Waals surface area contributed by atoms with Crippen molar-refractivity contribution in [3.05, 3.63) is 55.7 Å². The molecule has 0 bridgehead atoms. The highest BCUT2D eigenvalue weighted by Gasteiger charge is 2.43. The third-order valence-corrected chi connectivity index (χ3v) is 7.82. The van der Waals surface area contributed by atoms with E-state index in [1.54, 1.807) is 0 Å². The summed E-state index contributed by atoms with van der Waals surface area (Å²) in [7, 11) is 10.5. The topological polar surface area (TPSA) is 74.7 Å². The first-order valence-corrected chi connectivity index (χ1v) is 15.4. The van der Waals surface area contributed by atoms with Gasteiger partial charge in [0.15, 0.2) is 4.77 Å². The van der Waals surface area contributed by atoms with Crippen LogP contribution in [0.2, 0.25) is 0 Å². The Hall–Kier alpha value is -1.58. The van der Waals surface area contributed by atoms with Crippen LogP contribution in [0.15, 0.2) is 17.1 Å². The Morgan fingerprint density at radius 2 is 1.63 bits per heavy atom. The molecule has 0 amide bonds. The summed E-state index contributed by atoms with van der Waals surface area (Å²) in [5.74, 6) is -0.999. The Morgan fingerprint density at radius 3 is 2.20 bits per heavy atom. The number of fused-ring (bicyclic) bond motifs is 1. The zero-order chi connectivity index (χ0) is 31.5. The van der Waals surface area contributed by atoms with E-state index in [1.165, 1.54) is 4.57 Å². The lowest BCUT2D eigenvalue weighted by molar-refractivity contribution is -0.0466. The largest absolute Gasteiger partial charge is 0.426 e. The average molecular weight is 608 g/mol. The summed E-state index contributed by atoms with van der Waals surface area (Å²) >= 11 is 5.12. The molecule has 2 aromatic rings. The summed E-state index contributed by atoms with van der Waals surface area (Å²) in [6, 6.07) is 1.84. The van der Waals surface area contributed by atoms with Gasteiger partial charge in [0.25, 0.3) is 5.56 Å². The average Bonchev–Trinajstić information content (AvgIpc) is 3.38. The van der Waals surface area contributed by atoms with E-state index in [9.17, 15) is 9.18 Å². The van der Waals surface area contributed by atoms with E-state index in [0.717, 1.165) is 11.8 Å². The van der Waals surface area contributed by atoms with Gasteiger partial charge in [0, 0.05) is 11.0 Å². The molecule has 1 fully saturated rings. The van der Waals surface area contributed by atoms with Gasteiger partial charge in [-0.3, -0.25) is 18.9 Å². The molecule has 41 heavy (non-hydrogen) atoms. The van der Waals surface area contributed by atoms with E-state index in [-0.39, 0.29) is 22.6 Å². The monoisotopic (exact) mass is 608 g/mol. The van der Waals surface area contributed by atoms with E-state index in [2.05, 4.69) is 4.98 Å². The molecule has 3 heterocycles. The molecule has 224 valence electrons. The van der Waals surface area contributed by atoms with E-state index in [0.29, 0.717) is 29.7 Å². The molecule has 13 heteroatoms. The standard InChI is InChI=1S/C24H29B2F2N2O5PS.2C2H6/c1-22(2,3)13-9-14(23(4,5)6)19-12(18(13)28)11-32-36(34-19)35-24(25,26)16-7-8-17(33-16)30-10-15(27)20(31)29-21(30)37;2*1-2/h9-10,16-17H,7-8,11H2,1-6H3,(H,29,31,37);2*1-2H3. The summed E-state index contributed by atoms with van der Waals surface area (Å²) in [5, 5.41) is -1.84. The van der Waals surface area contributed by atoms with Gasteiger partial charge in [0.05, 0.1) is 24.5 Å². The molecule has 4 radical (unpaired) electrons. The fraction of sp³-hybridized carbons (Fsp3) is 0.643. The van der Waals surface area contributed by atoms with Crippen molar-refractivity contribution in [3.63, 3.8) is 0 Å². The number of aromatic nitrogens is 2. The van der Waals surface area contributed by atoms with Gasteiger partial charge in [0.1, 0.15) is 33.5 Å². The Balaban J connectivity index is 0.00000141. The first kappa shape index (κ1) is 35.6. The van der Waals surface area contributed by atoms with Crippen molar-refractivity contribution in [2.75, 3.05) is 0 Å². The lowest BCUT2D eigenvalue weighted by Gasteiger charge is -2.38. The van der Waals surface area contributed by atoms with E-state index in [4.69, 9.17) is 46.2 Å².